The third-order valence-corrected chi connectivity index (χ3v) is 4.67. The van der Waals surface area contributed by atoms with Crippen LogP contribution in [0.15, 0.2) is 11.4 Å². The zero-order valence-corrected chi connectivity index (χ0v) is 10.7. The number of ether oxygens (including phenoxy) is 1. The van der Waals surface area contributed by atoms with E-state index in [4.69, 9.17) is 16.3 Å². The van der Waals surface area contributed by atoms with Crippen molar-refractivity contribution in [3.63, 3.8) is 0 Å². The van der Waals surface area contributed by atoms with Gasteiger partial charge in [-0.05, 0) is 25.3 Å². The van der Waals surface area contributed by atoms with Crippen molar-refractivity contribution in [1.29, 1.82) is 0 Å². The normalized spacial score (nSPS) is 29.8. The second-order valence-electron chi connectivity index (χ2n) is 4.69. The molecule has 1 N–H and O–H groups in total. The van der Waals surface area contributed by atoms with Crippen molar-refractivity contribution in [3.8, 4) is 0 Å². The number of nitrogens with one attached hydrogen (secondary N) is 1. The van der Waals surface area contributed by atoms with Crippen LogP contribution < -0.4 is 5.32 Å². The van der Waals surface area contributed by atoms with Gasteiger partial charge in [-0.1, -0.05) is 11.6 Å². The summed E-state index contributed by atoms with van der Waals surface area (Å²) in [6.45, 7) is 1.97. The van der Waals surface area contributed by atoms with Crippen LogP contribution in [0.1, 0.15) is 30.2 Å². The number of hydrogen-bond donors (Lipinski definition) is 1. The van der Waals surface area contributed by atoms with Crippen LogP contribution in [0.2, 0.25) is 5.02 Å². The Morgan fingerprint density at radius 2 is 2.31 bits per heavy atom. The van der Waals surface area contributed by atoms with Crippen LogP contribution in [0, 0.1) is 5.92 Å². The topological polar surface area (TPSA) is 21.3 Å². The summed E-state index contributed by atoms with van der Waals surface area (Å²) in [6, 6.07) is 2.83. The molecular formula is C12H16ClNOS. The lowest BCUT2D eigenvalue weighted by Gasteiger charge is -2.17. The molecule has 3 rings (SSSR count). The lowest BCUT2D eigenvalue weighted by molar-refractivity contribution is 0.0933. The Balaban J connectivity index is 1.63. The maximum absolute atomic E-state index is 5.96. The smallest absolute Gasteiger partial charge is 0.0958 e. The Morgan fingerprint density at radius 1 is 1.44 bits per heavy atom. The molecule has 2 unspecified atom stereocenters. The van der Waals surface area contributed by atoms with E-state index in [0.717, 1.165) is 24.2 Å². The monoisotopic (exact) mass is 257 g/mol. The molecule has 88 valence electrons. The van der Waals surface area contributed by atoms with E-state index in [0.29, 0.717) is 5.92 Å². The van der Waals surface area contributed by atoms with Crippen LogP contribution >= 0.6 is 22.9 Å². The molecular weight excluding hydrogens is 242 g/mol. The highest BCUT2D eigenvalue weighted by molar-refractivity contribution is 7.10. The molecule has 0 radical (unpaired) electrons. The second kappa shape index (κ2) is 4.65. The summed E-state index contributed by atoms with van der Waals surface area (Å²) in [6.07, 6.45) is 4.13. The molecule has 1 aromatic heterocycles. The molecule has 2 fully saturated rings. The summed E-state index contributed by atoms with van der Waals surface area (Å²) in [5.41, 5.74) is 0. The third kappa shape index (κ3) is 2.43. The Bertz CT molecular complexity index is 364. The highest BCUT2D eigenvalue weighted by Crippen LogP contribution is 2.38. The fourth-order valence-corrected chi connectivity index (χ4v) is 3.46. The summed E-state index contributed by atoms with van der Waals surface area (Å²) >= 11 is 7.68. The van der Waals surface area contributed by atoms with Gasteiger partial charge in [0.2, 0.25) is 0 Å². The van der Waals surface area contributed by atoms with Gasteiger partial charge in [0.05, 0.1) is 11.1 Å². The molecule has 1 saturated heterocycles. The summed E-state index contributed by atoms with van der Waals surface area (Å²) in [4.78, 5) is 1.28. The van der Waals surface area contributed by atoms with Crippen molar-refractivity contribution in [2.75, 3.05) is 13.2 Å². The van der Waals surface area contributed by atoms with E-state index in [1.165, 1.54) is 24.1 Å². The Hall–Kier alpha value is -0.0900. The fraction of sp³-hybridized carbons (Fsp3) is 0.667. The molecule has 1 saturated carbocycles. The highest BCUT2D eigenvalue weighted by atomic mass is 35.5. The summed E-state index contributed by atoms with van der Waals surface area (Å²) < 4.78 is 5.83. The molecule has 0 aromatic carbocycles. The SMILES string of the molecule is Clc1csc(C2OCCC2CNC2CC2)c1. The van der Waals surface area contributed by atoms with Crippen molar-refractivity contribution in [1.82, 2.24) is 5.32 Å². The maximum Gasteiger partial charge on any atom is 0.0958 e. The molecule has 0 spiro atoms. The Labute approximate surface area is 105 Å². The average Bonchev–Trinajstić information content (AvgIpc) is 2.82. The van der Waals surface area contributed by atoms with Gasteiger partial charge in [-0.3, -0.25) is 0 Å². The molecule has 2 heterocycles. The second-order valence-corrected chi connectivity index (χ2v) is 6.07. The molecule has 4 heteroatoms. The largest absolute Gasteiger partial charge is 0.372 e. The van der Waals surface area contributed by atoms with Gasteiger partial charge in [0, 0.05) is 35.4 Å². The first-order valence-electron chi connectivity index (χ1n) is 5.92. The molecule has 2 nitrogen and oxygen atoms in total. The maximum atomic E-state index is 5.96. The number of halogens is 1. The predicted molar refractivity (Wildman–Crippen MR) is 67.2 cm³/mol. The zero-order chi connectivity index (χ0) is 11.0. The first-order valence-corrected chi connectivity index (χ1v) is 7.17. The van der Waals surface area contributed by atoms with Gasteiger partial charge in [0.1, 0.15) is 0 Å². The molecule has 2 aliphatic rings. The van der Waals surface area contributed by atoms with E-state index in [2.05, 4.69) is 5.32 Å². The van der Waals surface area contributed by atoms with Gasteiger partial charge in [-0.25, -0.2) is 0 Å². The first kappa shape index (κ1) is 11.0. The minimum atomic E-state index is 0.267. The van der Waals surface area contributed by atoms with Gasteiger partial charge in [-0.15, -0.1) is 11.3 Å². The number of rotatable bonds is 4. The van der Waals surface area contributed by atoms with Gasteiger partial charge >= 0.3 is 0 Å². The Kier molecular flexibility index (Phi) is 3.20. The van der Waals surface area contributed by atoms with Crippen molar-refractivity contribution < 1.29 is 4.74 Å². The minimum Gasteiger partial charge on any atom is -0.372 e. The van der Waals surface area contributed by atoms with Gasteiger partial charge in [0.15, 0.2) is 0 Å². The van der Waals surface area contributed by atoms with Crippen molar-refractivity contribution in [2.45, 2.75) is 31.4 Å². The average molecular weight is 258 g/mol. The van der Waals surface area contributed by atoms with Crippen LogP contribution in [-0.2, 0) is 4.74 Å². The van der Waals surface area contributed by atoms with E-state index < -0.39 is 0 Å². The standard InChI is InChI=1S/C12H16ClNOS/c13-9-5-11(16-7-9)12-8(3-4-15-12)6-14-10-1-2-10/h5,7-8,10,12,14H,1-4,6H2. The quantitative estimate of drug-likeness (QED) is 0.894. The highest BCUT2D eigenvalue weighted by Gasteiger charge is 2.32. The molecule has 1 aromatic rings. The van der Waals surface area contributed by atoms with Crippen LogP contribution in [0.5, 0.6) is 0 Å². The van der Waals surface area contributed by atoms with E-state index >= 15 is 0 Å². The van der Waals surface area contributed by atoms with E-state index in [1.54, 1.807) is 11.3 Å². The van der Waals surface area contributed by atoms with Crippen LogP contribution in [0.3, 0.4) is 0 Å². The Morgan fingerprint density at radius 3 is 3.00 bits per heavy atom. The summed E-state index contributed by atoms with van der Waals surface area (Å²) in [5, 5.41) is 6.42. The van der Waals surface area contributed by atoms with Crippen molar-refractivity contribution in [2.24, 2.45) is 5.92 Å². The molecule has 1 aliphatic heterocycles. The summed E-state index contributed by atoms with van der Waals surface area (Å²) in [5.74, 6) is 0.621. The van der Waals surface area contributed by atoms with Gasteiger partial charge in [0.25, 0.3) is 0 Å². The molecule has 1 aliphatic carbocycles. The van der Waals surface area contributed by atoms with E-state index in [9.17, 15) is 0 Å². The summed E-state index contributed by atoms with van der Waals surface area (Å²) in [7, 11) is 0. The van der Waals surface area contributed by atoms with Crippen molar-refractivity contribution >= 4 is 22.9 Å². The molecule has 16 heavy (non-hydrogen) atoms. The number of thiophene rings is 1. The zero-order valence-electron chi connectivity index (χ0n) is 9.12. The molecule has 0 bridgehead atoms. The lowest BCUT2D eigenvalue weighted by atomic mass is 10.0. The first-order chi connectivity index (χ1) is 7.83. The van der Waals surface area contributed by atoms with Crippen molar-refractivity contribution in [3.05, 3.63) is 21.3 Å². The minimum absolute atomic E-state index is 0.267. The molecule has 2 atom stereocenters. The van der Waals surface area contributed by atoms with Gasteiger partial charge < -0.3 is 10.1 Å². The van der Waals surface area contributed by atoms with Crippen LogP contribution in [-0.4, -0.2) is 19.2 Å². The van der Waals surface area contributed by atoms with Crippen LogP contribution in [0.25, 0.3) is 0 Å². The van der Waals surface area contributed by atoms with Gasteiger partial charge in [-0.2, -0.15) is 0 Å². The van der Waals surface area contributed by atoms with E-state index in [1.807, 2.05) is 11.4 Å². The van der Waals surface area contributed by atoms with E-state index in [-0.39, 0.29) is 6.10 Å². The fourth-order valence-electron chi connectivity index (χ4n) is 2.24. The third-order valence-electron chi connectivity index (χ3n) is 3.33. The van der Waals surface area contributed by atoms with Crippen LogP contribution in [0.4, 0.5) is 0 Å². The molecule has 0 amide bonds. The lowest BCUT2D eigenvalue weighted by Crippen LogP contribution is -2.26. The number of hydrogen-bond acceptors (Lipinski definition) is 3. The predicted octanol–water partition coefficient (Wildman–Crippen LogP) is 3.23.